The molecular formula is C14H17NO2. The summed E-state index contributed by atoms with van der Waals surface area (Å²) in [6.07, 6.45) is 1.33. The monoisotopic (exact) mass is 231 g/mol. The summed E-state index contributed by atoms with van der Waals surface area (Å²) in [7, 11) is 1.37. The molecule has 3 nitrogen and oxygen atoms in total. The van der Waals surface area contributed by atoms with Crippen molar-refractivity contribution in [3.05, 3.63) is 35.9 Å². The molecule has 0 amide bonds. The van der Waals surface area contributed by atoms with E-state index in [1.165, 1.54) is 7.11 Å². The highest BCUT2D eigenvalue weighted by Gasteiger charge is 2.37. The Bertz CT molecular complexity index is 408. The van der Waals surface area contributed by atoms with Crippen molar-refractivity contribution in [2.24, 2.45) is 5.41 Å². The van der Waals surface area contributed by atoms with Gasteiger partial charge >= 0.3 is 5.97 Å². The second-order valence-corrected chi connectivity index (χ2v) is 4.12. The number of carbonyl (C=O) groups is 1. The van der Waals surface area contributed by atoms with Crippen LogP contribution in [0.25, 0.3) is 0 Å². The maximum absolute atomic E-state index is 11.9. The fourth-order valence-electron chi connectivity index (χ4n) is 1.96. The van der Waals surface area contributed by atoms with Crippen molar-refractivity contribution in [2.75, 3.05) is 7.11 Å². The number of esters is 1. The number of rotatable bonds is 5. The first-order valence-corrected chi connectivity index (χ1v) is 5.68. The van der Waals surface area contributed by atoms with Crippen LogP contribution in [0.15, 0.2) is 30.3 Å². The number of ether oxygens (including phenoxy) is 1. The number of hydrogen-bond donors (Lipinski definition) is 0. The molecule has 0 spiro atoms. The van der Waals surface area contributed by atoms with Crippen LogP contribution in [0.5, 0.6) is 0 Å². The molecule has 0 aliphatic rings. The van der Waals surface area contributed by atoms with Crippen LogP contribution in [0.4, 0.5) is 0 Å². The minimum atomic E-state index is -0.717. The maximum atomic E-state index is 11.9. The Balaban J connectivity index is 2.99. The van der Waals surface area contributed by atoms with Crippen molar-refractivity contribution in [2.45, 2.75) is 26.2 Å². The Morgan fingerprint density at radius 1 is 1.41 bits per heavy atom. The SMILES string of the molecule is CC[C@@](CC#N)(Cc1ccccc1)C(=O)OC. The third-order valence-corrected chi connectivity index (χ3v) is 3.10. The van der Waals surface area contributed by atoms with Gasteiger partial charge in [0.05, 0.1) is 25.0 Å². The maximum Gasteiger partial charge on any atom is 0.313 e. The van der Waals surface area contributed by atoms with Gasteiger partial charge in [-0.1, -0.05) is 37.3 Å². The molecule has 17 heavy (non-hydrogen) atoms. The van der Waals surface area contributed by atoms with Crippen LogP contribution in [0, 0.1) is 16.7 Å². The van der Waals surface area contributed by atoms with Gasteiger partial charge in [-0.2, -0.15) is 5.26 Å². The molecule has 0 aromatic heterocycles. The van der Waals surface area contributed by atoms with E-state index in [0.717, 1.165) is 5.56 Å². The minimum absolute atomic E-state index is 0.186. The number of nitrogens with zero attached hydrogens (tertiary/aromatic N) is 1. The smallest absolute Gasteiger partial charge is 0.313 e. The van der Waals surface area contributed by atoms with Crippen LogP contribution in [0.3, 0.4) is 0 Å². The van der Waals surface area contributed by atoms with Crippen LogP contribution in [0.2, 0.25) is 0 Å². The molecule has 1 atom stereocenters. The molecule has 0 aliphatic heterocycles. The Morgan fingerprint density at radius 2 is 2.06 bits per heavy atom. The van der Waals surface area contributed by atoms with Crippen LogP contribution in [-0.4, -0.2) is 13.1 Å². The molecule has 0 fully saturated rings. The fraction of sp³-hybridized carbons (Fsp3) is 0.429. The molecule has 90 valence electrons. The minimum Gasteiger partial charge on any atom is -0.469 e. The summed E-state index contributed by atoms with van der Waals surface area (Å²) in [4.78, 5) is 11.9. The van der Waals surface area contributed by atoms with Crippen molar-refractivity contribution < 1.29 is 9.53 Å². The highest BCUT2D eigenvalue weighted by molar-refractivity contribution is 5.77. The van der Waals surface area contributed by atoms with Crippen molar-refractivity contribution in [3.8, 4) is 6.07 Å². The van der Waals surface area contributed by atoms with Crippen LogP contribution in [-0.2, 0) is 16.0 Å². The van der Waals surface area contributed by atoms with E-state index in [0.29, 0.717) is 12.8 Å². The largest absolute Gasteiger partial charge is 0.469 e. The van der Waals surface area contributed by atoms with E-state index in [-0.39, 0.29) is 12.4 Å². The van der Waals surface area contributed by atoms with Gasteiger partial charge in [-0.25, -0.2) is 0 Å². The van der Waals surface area contributed by atoms with E-state index in [1.807, 2.05) is 37.3 Å². The van der Waals surface area contributed by atoms with Crippen molar-refractivity contribution in [1.82, 2.24) is 0 Å². The predicted molar refractivity (Wildman–Crippen MR) is 65.1 cm³/mol. The van der Waals surface area contributed by atoms with Gasteiger partial charge in [0.15, 0.2) is 0 Å². The zero-order chi connectivity index (χ0) is 12.7. The van der Waals surface area contributed by atoms with Gasteiger partial charge in [-0.15, -0.1) is 0 Å². The normalized spacial score (nSPS) is 13.5. The van der Waals surface area contributed by atoms with Crippen molar-refractivity contribution in [1.29, 1.82) is 5.26 Å². The average Bonchev–Trinajstić information content (AvgIpc) is 2.38. The van der Waals surface area contributed by atoms with Gasteiger partial charge in [0.1, 0.15) is 0 Å². The van der Waals surface area contributed by atoms with Crippen LogP contribution >= 0.6 is 0 Å². The quantitative estimate of drug-likeness (QED) is 0.732. The number of methoxy groups -OCH3 is 1. The van der Waals surface area contributed by atoms with E-state index >= 15 is 0 Å². The predicted octanol–water partition coefficient (Wildman–Crippen LogP) is 2.71. The lowest BCUT2D eigenvalue weighted by Crippen LogP contribution is -2.33. The number of benzene rings is 1. The first-order valence-electron chi connectivity index (χ1n) is 5.68. The Hall–Kier alpha value is -1.82. The first-order chi connectivity index (χ1) is 8.18. The topological polar surface area (TPSA) is 50.1 Å². The molecule has 0 aliphatic carbocycles. The lowest BCUT2D eigenvalue weighted by Gasteiger charge is -2.27. The summed E-state index contributed by atoms with van der Waals surface area (Å²) >= 11 is 0. The van der Waals surface area contributed by atoms with Gasteiger partial charge < -0.3 is 4.74 Å². The third-order valence-electron chi connectivity index (χ3n) is 3.10. The first kappa shape index (κ1) is 13.2. The number of nitriles is 1. The molecule has 0 bridgehead atoms. The summed E-state index contributed by atoms with van der Waals surface area (Å²) in [6.45, 7) is 1.91. The fourth-order valence-corrected chi connectivity index (χ4v) is 1.96. The highest BCUT2D eigenvalue weighted by Crippen LogP contribution is 2.32. The van der Waals surface area contributed by atoms with Gasteiger partial charge in [0, 0.05) is 0 Å². The lowest BCUT2D eigenvalue weighted by atomic mass is 9.77. The zero-order valence-corrected chi connectivity index (χ0v) is 10.3. The number of hydrogen-bond acceptors (Lipinski definition) is 3. The van der Waals surface area contributed by atoms with E-state index in [9.17, 15) is 4.79 Å². The summed E-state index contributed by atoms with van der Waals surface area (Å²) < 4.78 is 4.84. The standard InChI is InChI=1S/C14H17NO2/c1-3-14(9-10-15,13(16)17-2)11-12-7-5-4-6-8-12/h4-8H,3,9,11H2,1-2H3/t14-/m1/s1. The van der Waals surface area contributed by atoms with Crippen molar-refractivity contribution >= 4 is 5.97 Å². The molecular weight excluding hydrogens is 214 g/mol. The van der Waals surface area contributed by atoms with Crippen molar-refractivity contribution in [3.63, 3.8) is 0 Å². The molecule has 0 saturated carbocycles. The molecule has 0 unspecified atom stereocenters. The lowest BCUT2D eigenvalue weighted by molar-refractivity contribution is -0.152. The Morgan fingerprint density at radius 3 is 2.53 bits per heavy atom. The molecule has 3 heteroatoms. The van der Waals surface area contributed by atoms with Gasteiger partial charge in [-0.3, -0.25) is 4.79 Å². The Labute approximate surface area is 102 Å². The van der Waals surface area contributed by atoms with E-state index in [2.05, 4.69) is 6.07 Å². The Kier molecular flexibility index (Phi) is 4.71. The number of carbonyl (C=O) groups excluding carboxylic acids is 1. The van der Waals surface area contributed by atoms with Gasteiger partial charge in [0.25, 0.3) is 0 Å². The average molecular weight is 231 g/mol. The molecule has 1 aromatic rings. The molecule has 0 N–H and O–H groups in total. The van der Waals surface area contributed by atoms with Gasteiger partial charge in [-0.05, 0) is 18.4 Å². The highest BCUT2D eigenvalue weighted by atomic mass is 16.5. The molecule has 1 rings (SSSR count). The molecule has 0 saturated heterocycles. The summed E-state index contributed by atoms with van der Waals surface area (Å²) in [5.74, 6) is -0.301. The van der Waals surface area contributed by atoms with Crippen LogP contribution < -0.4 is 0 Å². The second kappa shape index (κ2) is 6.05. The summed E-state index contributed by atoms with van der Waals surface area (Å²) in [6, 6.07) is 11.8. The summed E-state index contributed by atoms with van der Waals surface area (Å²) in [5.41, 5.74) is 0.334. The molecule has 1 aromatic carbocycles. The second-order valence-electron chi connectivity index (χ2n) is 4.12. The van der Waals surface area contributed by atoms with E-state index in [1.54, 1.807) is 0 Å². The van der Waals surface area contributed by atoms with E-state index < -0.39 is 5.41 Å². The molecule has 0 radical (unpaired) electrons. The molecule has 0 heterocycles. The van der Waals surface area contributed by atoms with Crippen LogP contribution in [0.1, 0.15) is 25.3 Å². The van der Waals surface area contributed by atoms with Gasteiger partial charge in [0.2, 0.25) is 0 Å². The third kappa shape index (κ3) is 3.07. The van der Waals surface area contributed by atoms with E-state index in [4.69, 9.17) is 10.00 Å². The zero-order valence-electron chi connectivity index (χ0n) is 10.3. The summed E-state index contributed by atoms with van der Waals surface area (Å²) in [5, 5.41) is 8.90.